The molecular formula is C26H35N3O5. The molecule has 184 valence electrons. The molecular weight excluding hydrogens is 434 g/mol. The molecule has 1 aliphatic heterocycles. The first-order chi connectivity index (χ1) is 16.2. The molecule has 0 bridgehead atoms. The summed E-state index contributed by atoms with van der Waals surface area (Å²) in [5, 5.41) is 0. The van der Waals surface area contributed by atoms with Crippen molar-refractivity contribution in [3.63, 3.8) is 0 Å². The number of amides is 3. The summed E-state index contributed by atoms with van der Waals surface area (Å²) >= 11 is 0. The molecule has 0 N–H and O–H groups in total. The monoisotopic (exact) mass is 469 g/mol. The van der Waals surface area contributed by atoms with E-state index in [-0.39, 0.29) is 36.2 Å². The average molecular weight is 470 g/mol. The summed E-state index contributed by atoms with van der Waals surface area (Å²) in [5.74, 6) is -0.117. The number of hydrogen-bond donors (Lipinski definition) is 0. The minimum absolute atomic E-state index is 0.0294. The average Bonchev–Trinajstić information content (AvgIpc) is 3.76. The summed E-state index contributed by atoms with van der Waals surface area (Å²) in [6.07, 6.45) is 3.83. The van der Waals surface area contributed by atoms with E-state index in [2.05, 4.69) is 30.4 Å². The van der Waals surface area contributed by atoms with Crippen molar-refractivity contribution in [2.75, 3.05) is 40.3 Å². The fraction of sp³-hybridized carbons (Fsp3) is 0.538. The number of piperazine rings is 1. The first kappa shape index (κ1) is 25.5. The molecule has 4 rings (SSSR count). The highest BCUT2D eigenvalue weighted by molar-refractivity contribution is 5.99. The predicted octanol–water partition coefficient (Wildman–Crippen LogP) is 2.03. The Labute approximate surface area is 201 Å². The fourth-order valence-electron chi connectivity index (χ4n) is 4.48. The zero-order valence-electron chi connectivity index (χ0n) is 20.4. The van der Waals surface area contributed by atoms with Crippen LogP contribution >= 0.6 is 0 Å². The van der Waals surface area contributed by atoms with Crippen LogP contribution in [0.3, 0.4) is 0 Å². The number of rotatable bonds is 7. The molecule has 0 radical (unpaired) electrons. The maximum absolute atomic E-state index is 12.8. The second kappa shape index (κ2) is 10.8. The smallest absolute Gasteiger partial charge is 0.305 e. The topological polar surface area (TPSA) is 87.2 Å². The number of carbonyl (C=O) groups is 4. The minimum Gasteiger partial charge on any atom is -0.469 e. The largest absolute Gasteiger partial charge is 0.469 e. The summed E-state index contributed by atoms with van der Waals surface area (Å²) in [6.45, 7) is 6.98. The lowest BCUT2D eigenvalue weighted by atomic mass is 10.1. The molecule has 8 nitrogen and oxygen atoms in total. The van der Waals surface area contributed by atoms with Crippen molar-refractivity contribution >= 4 is 23.7 Å². The lowest BCUT2D eigenvalue weighted by molar-refractivity contribution is -0.154. The van der Waals surface area contributed by atoms with Crippen LogP contribution in [0.5, 0.6) is 0 Å². The van der Waals surface area contributed by atoms with Gasteiger partial charge in [-0.1, -0.05) is 42.5 Å². The molecule has 2 unspecified atom stereocenters. The van der Waals surface area contributed by atoms with Crippen LogP contribution in [0, 0.1) is 18.8 Å². The maximum atomic E-state index is 12.8. The quantitative estimate of drug-likeness (QED) is 0.451. The van der Waals surface area contributed by atoms with Gasteiger partial charge in [-0.3, -0.25) is 19.2 Å². The van der Waals surface area contributed by atoms with Crippen LogP contribution in [-0.2, 0) is 23.9 Å². The van der Waals surface area contributed by atoms with Crippen molar-refractivity contribution in [2.24, 2.45) is 11.8 Å². The Balaban J connectivity index is 0.000000396. The van der Waals surface area contributed by atoms with E-state index >= 15 is 0 Å². The van der Waals surface area contributed by atoms with Gasteiger partial charge in [-0.05, 0) is 44.1 Å². The summed E-state index contributed by atoms with van der Waals surface area (Å²) in [6, 6.07) is 10.3. The van der Waals surface area contributed by atoms with Crippen LogP contribution in [-0.4, -0.2) is 84.3 Å². The molecule has 3 aliphatic rings. The number of esters is 1. The molecule has 2 aliphatic carbocycles. The number of likely N-dealkylation sites (N-methyl/N-ethyl adjacent to an activating group) is 1. The van der Waals surface area contributed by atoms with E-state index in [4.69, 9.17) is 0 Å². The molecule has 1 saturated heterocycles. The van der Waals surface area contributed by atoms with Gasteiger partial charge in [0.1, 0.15) is 5.54 Å². The number of methoxy groups -OCH3 is 1. The highest BCUT2D eigenvalue weighted by Crippen LogP contribution is 2.45. The third kappa shape index (κ3) is 6.04. The SMILES string of the molecule is C=CC(=O)N1CCN(CC(=O)N(C)CC2CC2CC(=O)OC)C(=O)C12CC2.Cc1ccccc1. The van der Waals surface area contributed by atoms with Crippen LogP contribution < -0.4 is 0 Å². The number of aryl methyl sites for hydroxylation is 1. The van der Waals surface area contributed by atoms with Crippen LogP contribution in [0.2, 0.25) is 0 Å². The first-order valence-corrected chi connectivity index (χ1v) is 11.8. The summed E-state index contributed by atoms with van der Waals surface area (Å²) in [7, 11) is 3.10. The van der Waals surface area contributed by atoms with E-state index in [9.17, 15) is 19.2 Å². The van der Waals surface area contributed by atoms with Gasteiger partial charge in [-0.25, -0.2) is 0 Å². The molecule has 2 atom stereocenters. The normalized spacial score (nSPS) is 21.8. The lowest BCUT2D eigenvalue weighted by Gasteiger charge is -2.41. The van der Waals surface area contributed by atoms with Crippen molar-refractivity contribution in [1.82, 2.24) is 14.7 Å². The van der Waals surface area contributed by atoms with E-state index in [1.807, 2.05) is 18.2 Å². The van der Waals surface area contributed by atoms with Gasteiger partial charge in [0.05, 0.1) is 13.7 Å². The molecule has 8 heteroatoms. The molecule has 1 heterocycles. The Morgan fingerprint density at radius 3 is 2.38 bits per heavy atom. The van der Waals surface area contributed by atoms with Crippen molar-refractivity contribution in [3.8, 4) is 0 Å². The van der Waals surface area contributed by atoms with Crippen molar-refractivity contribution in [2.45, 2.75) is 38.1 Å². The molecule has 0 aromatic heterocycles. The van der Waals surface area contributed by atoms with Gasteiger partial charge < -0.3 is 19.4 Å². The molecule has 1 aromatic carbocycles. The van der Waals surface area contributed by atoms with Crippen LogP contribution in [0.15, 0.2) is 43.0 Å². The predicted molar refractivity (Wildman–Crippen MR) is 128 cm³/mol. The standard InChI is InChI=1S/C19H27N3O5.C7H8/c1-4-15(23)22-8-7-21(18(26)19(22)5-6-19)12-16(24)20(2)11-14-9-13(14)10-17(25)27-3;1-7-5-3-2-4-6-7/h4,13-14H,1,5-12H2,2-3H3;2-6H,1H3. The summed E-state index contributed by atoms with van der Waals surface area (Å²) in [5.41, 5.74) is 0.562. The summed E-state index contributed by atoms with van der Waals surface area (Å²) in [4.78, 5) is 53.5. The fourth-order valence-corrected chi connectivity index (χ4v) is 4.48. The van der Waals surface area contributed by atoms with Crippen molar-refractivity contribution in [1.29, 1.82) is 0 Å². The Morgan fingerprint density at radius 2 is 1.85 bits per heavy atom. The van der Waals surface area contributed by atoms with Crippen LogP contribution in [0.25, 0.3) is 0 Å². The minimum atomic E-state index is -0.759. The number of hydrogen-bond acceptors (Lipinski definition) is 5. The van der Waals surface area contributed by atoms with Gasteiger partial charge in [-0.15, -0.1) is 0 Å². The van der Waals surface area contributed by atoms with Gasteiger partial charge in [-0.2, -0.15) is 0 Å². The second-order valence-corrected chi connectivity index (χ2v) is 9.42. The van der Waals surface area contributed by atoms with Crippen molar-refractivity contribution < 1.29 is 23.9 Å². The van der Waals surface area contributed by atoms with Gasteiger partial charge in [0, 0.05) is 33.1 Å². The van der Waals surface area contributed by atoms with Gasteiger partial charge in [0.15, 0.2) is 0 Å². The molecule has 2 saturated carbocycles. The van der Waals surface area contributed by atoms with Crippen LogP contribution in [0.4, 0.5) is 0 Å². The molecule has 34 heavy (non-hydrogen) atoms. The summed E-state index contributed by atoms with van der Waals surface area (Å²) < 4.78 is 4.68. The van der Waals surface area contributed by atoms with E-state index < -0.39 is 5.54 Å². The van der Waals surface area contributed by atoms with E-state index in [0.29, 0.717) is 44.8 Å². The lowest BCUT2D eigenvalue weighted by Crippen LogP contribution is -2.61. The zero-order chi connectivity index (χ0) is 24.9. The molecule has 1 aromatic rings. The van der Waals surface area contributed by atoms with Gasteiger partial charge in [0.25, 0.3) is 0 Å². The highest BCUT2D eigenvalue weighted by atomic mass is 16.5. The Bertz CT molecular complexity index is 928. The van der Waals surface area contributed by atoms with E-state index in [1.165, 1.54) is 18.7 Å². The zero-order valence-corrected chi connectivity index (χ0v) is 20.4. The Morgan fingerprint density at radius 1 is 1.18 bits per heavy atom. The Hall–Kier alpha value is -3.16. The molecule has 3 fully saturated rings. The van der Waals surface area contributed by atoms with Crippen molar-refractivity contribution in [3.05, 3.63) is 48.6 Å². The Kier molecular flexibility index (Phi) is 8.12. The molecule has 3 amide bonds. The third-order valence-corrected chi connectivity index (χ3v) is 6.89. The number of carbonyl (C=O) groups excluding carboxylic acids is 4. The second-order valence-electron chi connectivity index (χ2n) is 9.42. The van der Waals surface area contributed by atoms with E-state index in [1.54, 1.807) is 21.7 Å². The molecule has 1 spiro atoms. The number of nitrogens with zero attached hydrogens (tertiary/aromatic N) is 3. The maximum Gasteiger partial charge on any atom is 0.305 e. The highest BCUT2D eigenvalue weighted by Gasteiger charge is 2.59. The van der Waals surface area contributed by atoms with E-state index in [0.717, 1.165) is 6.42 Å². The number of ether oxygens (including phenoxy) is 1. The third-order valence-electron chi connectivity index (χ3n) is 6.89. The van der Waals surface area contributed by atoms with Gasteiger partial charge >= 0.3 is 5.97 Å². The van der Waals surface area contributed by atoms with Gasteiger partial charge in [0.2, 0.25) is 17.7 Å². The first-order valence-electron chi connectivity index (χ1n) is 11.8. The number of benzene rings is 1. The van der Waals surface area contributed by atoms with Crippen LogP contribution in [0.1, 0.15) is 31.2 Å².